The maximum atomic E-state index is 11.8. The van der Waals surface area contributed by atoms with Crippen LogP contribution in [-0.4, -0.2) is 36.4 Å². The van der Waals surface area contributed by atoms with Gasteiger partial charge in [0.2, 0.25) is 0 Å². The van der Waals surface area contributed by atoms with Crippen molar-refractivity contribution in [3.63, 3.8) is 0 Å². The first kappa shape index (κ1) is 15.3. The summed E-state index contributed by atoms with van der Waals surface area (Å²) in [5, 5.41) is 14.7. The molecule has 0 saturated carbocycles. The van der Waals surface area contributed by atoms with E-state index >= 15 is 0 Å². The summed E-state index contributed by atoms with van der Waals surface area (Å²) in [5.41, 5.74) is 0.351. The minimum Gasteiger partial charge on any atom is -0.481 e. The third-order valence-corrected chi connectivity index (χ3v) is 3.66. The molecule has 1 aromatic carbocycles. The van der Waals surface area contributed by atoms with Crippen molar-refractivity contribution in [3.8, 4) is 0 Å². The highest BCUT2D eigenvalue weighted by molar-refractivity contribution is 5.89. The number of urea groups is 1. The van der Waals surface area contributed by atoms with Gasteiger partial charge in [0.05, 0.1) is 18.1 Å². The molecule has 6 nitrogen and oxygen atoms in total. The van der Waals surface area contributed by atoms with E-state index in [1.165, 1.54) is 0 Å². The number of carboxylic acids is 1. The standard InChI is InChI=1S/C15H20N2O4/c1-15(2,13(18)19)10-3-5-11(6-4-10)16-14(20)17-12-7-8-21-9-12/h3-6,12H,7-9H2,1-2H3,(H,18,19)(H2,16,17,20). The van der Waals surface area contributed by atoms with Crippen LogP contribution in [0.25, 0.3) is 0 Å². The number of hydrogen-bond donors (Lipinski definition) is 3. The zero-order chi connectivity index (χ0) is 15.5. The molecule has 2 amide bonds. The number of anilines is 1. The molecule has 114 valence electrons. The highest BCUT2D eigenvalue weighted by Gasteiger charge is 2.29. The van der Waals surface area contributed by atoms with Gasteiger partial charge in [-0.15, -0.1) is 0 Å². The van der Waals surface area contributed by atoms with Crippen LogP contribution in [-0.2, 0) is 14.9 Å². The summed E-state index contributed by atoms with van der Waals surface area (Å²) < 4.78 is 5.19. The molecule has 1 saturated heterocycles. The zero-order valence-corrected chi connectivity index (χ0v) is 12.2. The third kappa shape index (κ3) is 3.72. The summed E-state index contributed by atoms with van der Waals surface area (Å²) >= 11 is 0. The number of hydrogen-bond acceptors (Lipinski definition) is 3. The highest BCUT2D eigenvalue weighted by atomic mass is 16.5. The molecular formula is C15H20N2O4. The van der Waals surface area contributed by atoms with Gasteiger partial charge < -0.3 is 20.5 Å². The van der Waals surface area contributed by atoms with Gasteiger partial charge in [-0.05, 0) is 38.0 Å². The molecule has 6 heteroatoms. The molecule has 0 bridgehead atoms. The Bertz CT molecular complexity index is 519. The fourth-order valence-electron chi connectivity index (χ4n) is 2.09. The van der Waals surface area contributed by atoms with Crippen LogP contribution in [0.3, 0.4) is 0 Å². The summed E-state index contributed by atoms with van der Waals surface area (Å²) in [6.07, 6.45) is 0.819. The van der Waals surface area contributed by atoms with E-state index in [1.54, 1.807) is 38.1 Å². The summed E-state index contributed by atoms with van der Waals surface area (Å²) in [5.74, 6) is -0.887. The molecular weight excluding hydrogens is 272 g/mol. The Kier molecular flexibility index (Phi) is 4.47. The van der Waals surface area contributed by atoms with Gasteiger partial charge >= 0.3 is 12.0 Å². The third-order valence-electron chi connectivity index (χ3n) is 3.66. The second-order valence-electron chi connectivity index (χ2n) is 5.67. The van der Waals surface area contributed by atoms with Gasteiger partial charge in [0, 0.05) is 12.3 Å². The Labute approximate surface area is 123 Å². The molecule has 3 N–H and O–H groups in total. The van der Waals surface area contributed by atoms with Gasteiger partial charge in [-0.1, -0.05) is 12.1 Å². The Balaban J connectivity index is 1.96. The van der Waals surface area contributed by atoms with E-state index in [0.29, 0.717) is 24.5 Å². The lowest BCUT2D eigenvalue weighted by Gasteiger charge is -2.20. The number of amides is 2. The maximum Gasteiger partial charge on any atom is 0.319 e. The Morgan fingerprint density at radius 3 is 2.48 bits per heavy atom. The Morgan fingerprint density at radius 2 is 1.95 bits per heavy atom. The van der Waals surface area contributed by atoms with Gasteiger partial charge in [-0.2, -0.15) is 0 Å². The molecule has 1 atom stereocenters. The molecule has 1 aliphatic heterocycles. The lowest BCUT2D eigenvalue weighted by Crippen LogP contribution is -2.38. The number of carboxylic acid groups (broad SMARTS) is 1. The van der Waals surface area contributed by atoms with Gasteiger partial charge in [0.1, 0.15) is 0 Å². The number of carbonyl (C=O) groups is 2. The van der Waals surface area contributed by atoms with Crippen molar-refractivity contribution in [1.29, 1.82) is 0 Å². The monoisotopic (exact) mass is 292 g/mol. The number of rotatable bonds is 4. The fraction of sp³-hybridized carbons (Fsp3) is 0.467. The lowest BCUT2D eigenvalue weighted by molar-refractivity contribution is -0.142. The normalized spacial score (nSPS) is 18.3. The maximum absolute atomic E-state index is 11.8. The quantitative estimate of drug-likeness (QED) is 0.791. The van der Waals surface area contributed by atoms with Crippen molar-refractivity contribution in [2.24, 2.45) is 0 Å². The first-order valence-corrected chi connectivity index (χ1v) is 6.89. The van der Waals surface area contributed by atoms with Crippen LogP contribution >= 0.6 is 0 Å². The largest absolute Gasteiger partial charge is 0.481 e. The molecule has 1 aliphatic rings. The van der Waals surface area contributed by atoms with Crippen LogP contribution in [0, 0.1) is 0 Å². The van der Waals surface area contributed by atoms with Crippen molar-refractivity contribution in [1.82, 2.24) is 5.32 Å². The van der Waals surface area contributed by atoms with Crippen LogP contribution in [0.15, 0.2) is 24.3 Å². The fourth-order valence-corrected chi connectivity index (χ4v) is 2.09. The molecule has 0 aliphatic carbocycles. The minimum absolute atomic E-state index is 0.0511. The summed E-state index contributed by atoms with van der Waals surface area (Å²) in [6.45, 7) is 4.50. The smallest absolute Gasteiger partial charge is 0.319 e. The van der Waals surface area contributed by atoms with E-state index < -0.39 is 11.4 Å². The Hall–Kier alpha value is -2.08. The molecule has 1 aromatic rings. The first-order chi connectivity index (χ1) is 9.89. The minimum atomic E-state index is -0.956. The van der Waals surface area contributed by atoms with Crippen molar-refractivity contribution >= 4 is 17.7 Å². The molecule has 1 heterocycles. The number of carbonyl (C=O) groups excluding carboxylic acids is 1. The predicted molar refractivity (Wildman–Crippen MR) is 78.5 cm³/mol. The van der Waals surface area contributed by atoms with E-state index in [0.717, 1.165) is 6.42 Å². The molecule has 1 unspecified atom stereocenters. The topological polar surface area (TPSA) is 87.7 Å². The SMILES string of the molecule is CC(C)(C(=O)O)c1ccc(NC(=O)NC2CCOC2)cc1. The van der Waals surface area contributed by atoms with Crippen molar-refractivity contribution < 1.29 is 19.4 Å². The van der Waals surface area contributed by atoms with Gasteiger partial charge in [0.15, 0.2) is 0 Å². The first-order valence-electron chi connectivity index (χ1n) is 6.89. The van der Waals surface area contributed by atoms with E-state index in [-0.39, 0.29) is 12.1 Å². The average molecular weight is 292 g/mol. The molecule has 0 spiro atoms. The van der Waals surface area contributed by atoms with Crippen LogP contribution in [0.2, 0.25) is 0 Å². The van der Waals surface area contributed by atoms with Crippen molar-refractivity contribution in [2.45, 2.75) is 31.7 Å². The number of aliphatic carboxylic acids is 1. The van der Waals surface area contributed by atoms with Crippen LogP contribution in [0.4, 0.5) is 10.5 Å². The van der Waals surface area contributed by atoms with E-state index in [4.69, 9.17) is 4.74 Å². The average Bonchev–Trinajstić information content (AvgIpc) is 2.91. The predicted octanol–water partition coefficient (Wildman–Crippen LogP) is 1.96. The summed E-state index contributed by atoms with van der Waals surface area (Å²) in [4.78, 5) is 23.0. The summed E-state index contributed by atoms with van der Waals surface area (Å²) in [7, 11) is 0. The van der Waals surface area contributed by atoms with Gasteiger partial charge in [-0.3, -0.25) is 4.79 Å². The van der Waals surface area contributed by atoms with E-state index in [2.05, 4.69) is 10.6 Å². The number of nitrogens with one attached hydrogen (secondary N) is 2. The molecule has 0 aromatic heterocycles. The van der Waals surface area contributed by atoms with Crippen molar-refractivity contribution in [3.05, 3.63) is 29.8 Å². The molecule has 21 heavy (non-hydrogen) atoms. The van der Waals surface area contributed by atoms with E-state index in [9.17, 15) is 14.7 Å². The second-order valence-corrected chi connectivity index (χ2v) is 5.67. The molecule has 0 radical (unpaired) electrons. The van der Waals surface area contributed by atoms with Gasteiger partial charge in [-0.25, -0.2) is 4.79 Å². The Morgan fingerprint density at radius 1 is 1.29 bits per heavy atom. The second kappa shape index (κ2) is 6.13. The van der Waals surface area contributed by atoms with Crippen LogP contribution < -0.4 is 10.6 Å². The van der Waals surface area contributed by atoms with Crippen LogP contribution in [0.1, 0.15) is 25.8 Å². The number of benzene rings is 1. The van der Waals surface area contributed by atoms with E-state index in [1.807, 2.05) is 0 Å². The van der Waals surface area contributed by atoms with Gasteiger partial charge in [0.25, 0.3) is 0 Å². The molecule has 1 fully saturated rings. The molecule has 2 rings (SSSR count). The van der Waals surface area contributed by atoms with Crippen molar-refractivity contribution in [2.75, 3.05) is 18.5 Å². The highest BCUT2D eigenvalue weighted by Crippen LogP contribution is 2.24. The van der Waals surface area contributed by atoms with Crippen LogP contribution in [0.5, 0.6) is 0 Å². The zero-order valence-electron chi connectivity index (χ0n) is 12.2. The summed E-state index contributed by atoms with van der Waals surface area (Å²) in [6, 6.07) is 6.59. The lowest BCUT2D eigenvalue weighted by atomic mass is 9.85. The number of ether oxygens (including phenoxy) is 1.